The topological polar surface area (TPSA) is 82.8 Å². The molecule has 1 aliphatic carbocycles. The maximum Gasteiger partial charge on any atom is 0.321 e. The predicted octanol–water partition coefficient (Wildman–Crippen LogP) is 2.59. The zero-order valence-electron chi connectivity index (χ0n) is 14.1. The molecule has 0 aromatic heterocycles. The van der Waals surface area contributed by atoms with Gasteiger partial charge in [-0.3, -0.25) is 9.59 Å². The Morgan fingerprint density at radius 2 is 2.04 bits per heavy atom. The molecule has 1 aliphatic heterocycles. The molecule has 2 atom stereocenters. The lowest BCUT2D eigenvalue weighted by Crippen LogP contribution is -2.39. The van der Waals surface area contributed by atoms with E-state index in [4.69, 9.17) is 10.00 Å². The van der Waals surface area contributed by atoms with E-state index in [1.165, 1.54) is 11.8 Å². The lowest BCUT2D eigenvalue weighted by Gasteiger charge is -2.24. The molecule has 1 aromatic carbocycles. The van der Waals surface area contributed by atoms with Gasteiger partial charge in [-0.15, -0.1) is 0 Å². The van der Waals surface area contributed by atoms with Crippen LogP contribution in [0.5, 0.6) is 0 Å². The monoisotopic (exact) mass is 357 g/mol. The number of esters is 1. The van der Waals surface area contributed by atoms with Crippen molar-refractivity contribution in [2.75, 3.05) is 6.61 Å². The van der Waals surface area contributed by atoms with Crippen molar-refractivity contribution in [1.29, 1.82) is 5.26 Å². The standard InChI is InChI=1S/C18H19N3O3S/c1-3-24-17(23)15-11(2)21(14-8-9-14)18(25-15)20-16(22)13-6-4-12(10-19)5-7-13/h4-7,11,14-15H,3,8-9H2,1-2H3. The van der Waals surface area contributed by atoms with E-state index >= 15 is 0 Å². The molecule has 0 N–H and O–H groups in total. The molecule has 130 valence electrons. The Kier molecular flexibility index (Phi) is 5.09. The van der Waals surface area contributed by atoms with Crippen molar-refractivity contribution >= 4 is 28.8 Å². The smallest absolute Gasteiger partial charge is 0.321 e. The number of nitrogens with zero attached hydrogens (tertiary/aromatic N) is 3. The predicted molar refractivity (Wildman–Crippen MR) is 95.3 cm³/mol. The molecule has 1 saturated heterocycles. The van der Waals surface area contributed by atoms with Crippen LogP contribution in [0.2, 0.25) is 0 Å². The average Bonchev–Trinajstić information content (AvgIpc) is 3.39. The Labute approximate surface area is 150 Å². The van der Waals surface area contributed by atoms with Crippen LogP contribution in [0.4, 0.5) is 0 Å². The Morgan fingerprint density at radius 3 is 2.60 bits per heavy atom. The van der Waals surface area contributed by atoms with Gasteiger partial charge in [-0.1, -0.05) is 11.8 Å². The number of hydrogen-bond donors (Lipinski definition) is 0. The highest BCUT2D eigenvalue weighted by Gasteiger charge is 2.47. The van der Waals surface area contributed by atoms with Crippen LogP contribution in [0, 0.1) is 11.3 Å². The number of amides is 1. The van der Waals surface area contributed by atoms with Crippen LogP contribution in [0.3, 0.4) is 0 Å². The quantitative estimate of drug-likeness (QED) is 0.770. The molecule has 25 heavy (non-hydrogen) atoms. The number of aliphatic imine (C=N–C) groups is 1. The minimum atomic E-state index is -0.368. The molecule has 3 rings (SSSR count). The third-order valence-corrected chi connectivity index (χ3v) is 5.60. The molecule has 1 amide bonds. The Hall–Kier alpha value is -2.33. The van der Waals surface area contributed by atoms with Crippen molar-refractivity contribution < 1.29 is 14.3 Å². The fourth-order valence-electron chi connectivity index (χ4n) is 2.83. The van der Waals surface area contributed by atoms with Gasteiger partial charge in [0.2, 0.25) is 0 Å². The van der Waals surface area contributed by atoms with Gasteiger partial charge in [-0.25, -0.2) is 0 Å². The first-order valence-corrected chi connectivity index (χ1v) is 9.18. The van der Waals surface area contributed by atoms with Crippen LogP contribution in [-0.2, 0) is 9.53 Å². The maximum atomic E-state index is 12.5. The Balaban J connectivity index is 1.82. The van der Waals surface area contributed by atoms with Crippen molar-refractivity contribution in [2.24, 2.45) is 4.99 Å². The highest BCUT2D eigenvalue weighted by atomic mass is 32.2. The summed E-state index contributed by atoms with van der Waals surface area (Å²) in [6, 6.07) is 8.69. The van der Waals surface area contributed by atoms with Crippen molar-refractivity contribution in [3.05, 3.63) is 35.4 Å². The summed E-state index contributed by atoms with van der Waals surface area (Å²) in [5.41, 5.74) is 0.921. The number of ether oxygens (including phenoxy) is 1. The number of carbonyl (C=O) groups excluding carboxylic acids is 2. The minimum absolute atomic E-state index is 0.0518. The van der Waals surface area contributed by atoms with Gasteiger partial charge in [0.15, 0.2) is 5.17 Å². The third-order valence-electron chi connectivity index (χ3n) is 4.25. The molecule has 0 radical (unpaired) electrons. The molecule has 1 heterocycles. The summed E-state index contributed by atoms with van der Waals surface area (Å²) in [5.74, 6) is -0.629. The van der Waals surface area contributed by atoms with Gasteiger partial charge in [0, 0.05) is 11.6 Å². The first-order chi connectivity index (χ1) is 12.0. The van der Waals surface area contributed by atoms with Gasteiger partial charge in [0.25, 0.3) is 5.91 Å². The Bertz CT molecular complexity index is 750. The molecule has 0 spiro atoms. The summed E-state index contributed by atoms with van der Waals surface area (Å²) in [4.78, 5) is 31.0. The molecular weight excluding hydrogens is 338 g/mol. The second-order valence-corrected chi connectivity index (χ2v) is 7.17. The summed E-state index contributed by atoms with van der Waals surface area (Å²) in [7, 11) is 0. The number of nitriles is 1. The van der Waals surface area contributed by atoms with Crippen LogP contribution in [-0.4, -0.2) is 45.9 Å². The molecule has 2 aliphatic rings. The van der Waals surface area contributed by atoms with E-state index in [2.05, 4.69) is 9.89 Å². The van der Waals surface area contributed by atoms with E-state index in [0.717, 1.165) is 12.8 Å². The molecule has 0 bridgehead atoms. The highest BCUT2D eigenvalue weighted by molar-refractivity contribution is 8.15. The zero-order chi connectivity index (χ0) is 18.0. The number of amidine groups is 1. The maximum absolute atomic E-state index is 12.5. The number of thioether (sulfide) groups is 1. The van der Waals surface area contributed by atoms with Gasteiger partial charge >= 0.3 is 5.97 Å². The minimum Gasteiger partial charge on any atom is -0.465 e. The van der Waals surface area contributed by atoms with E-state index in [-0.39, 0.29) is 23.2 Å². The van der Waals surface area contributed by atoms with Gasteiger partial charge in [0.05, 0.1) is 24.3 Å². The lowest BCUT2D eigenvalue weighted by atomic mass is 10.1. The summed E-state index contributed by atoms with van der Waals surface area (Å²) in [6.45, 7) is 4.09. The van der Waals surface area contributed by atoms with Crippen LogP contribution >= 0.6 is 11.8 Å². The van der Waals surface area contributed by atoms with Crippen LogP contribution in [0.1, 0.15) is 42.6 Å². The van der Waals surface area contributed by atoms with Gasteiger partial charge in [0.1, 0.15) is 5.25 Å². The van der Waals surface area contributed by atoms with E-state index in [0.29, 0.717) is 28.9 Å². The average molecular weight is 357 g/mol. The second kappa shape index (κ2) is 7.28. The van der Waals surface area contributed by atoms with Crippen molar-refractivity contribution in [2.45, 2.75) is 44.0 Å². The van der Waals surface area contributed by atoms with Gasteiger partial charge in [-0.05, 0) is 51.0 Å². The van der Waals surface area contributed by atoms with Crippen LogP contribution in [0.15, 0.2) is 29.3 Å². The summed E-state index contributed by atoms with van der Waals surface area (Å²) >= 11 is 1.30. The zero-order valence-corrected chi connectivity index (χ0v) is 15.0. The highest BCUT2D eigenvalue weighted by Crippen LogP contribution is 2.40. The van der Waals surface area contributed by atoms with Crippen LogP contribution in [0.25, 0.3) is 0 Å². The van der Waals surface area contributed by atoms with Gasteiger partial charge < -0.3 is 9.64 Å². The lowest BCUT2D eigenvalue weighted by molar-refractivity contribution is -0.143. The van der Waals surface area contributed by atoms with E-state index in [1.807, 2.05) is 13.0 Å². The molecule has 2 unspecified atom stereocenters. The number of hydrogen-bond acceptors (Lipinski definition) is 5. The van der Waals surface area contributed by atoms with Crippen LogP contribution < -0.4 is 0 Å². The first-order valence-electron chi connectivity index (χ1n) is 8.30. The Morgan fingerprint density at radius 1 is 1.36 bits per heavy atom. The fraction of sp³-hybridized carbons (Fsp3) is 0.444. The van der Waals surface area contributed by atoms with Crippen molar-refractivity contribution in [1.82, 2.24) is 4.90 Å². The van der Waals surface area contributed by atoms with E-state index in [1.54, 1.807) is 31.2 Å². The summed E-state index contributed by atoms with van der Waals surface area (Å²) in [5, 5.41) is 9.06. The largest absolute Gasteiger partial charge is 0.465 e. The molecule has 6 nitrogen and oxygen atoms in total. The number of carbonyl (C=O) groups is 2. The SMILES string of the molecule is CCOC(=O)C1SC(=NC(=O)c2ccc(C#N)cc2)N(C2CC2)C1C. The summed E-state index contributed by atoms with van der Waals surface area (Å²) in [6.07, 6.45) is 2.09. The van der Waals surface area contributed by atoms with Crippen molar-refractivity contribution in [3.8, 4) is 6.07 Å². The molecule has 2 fully saturated rings. The second-order valence-electron chi connectivity index (χ2n) is 6.06. The molecule has 7 heteroatoms. The first kappa shape index (κ1) is 17.5. The van der Waals surface area contributed by atoms with E-state index in [9.17, 15) is 9.59 Å². The molecular formula is C18H19N3O3S. The molecule has 1 saturated carbocycles. The van der Waals surface area contributed by atoms with Crippen molar-refractivity contribution in [3.63, 3.8) is 0 Å². The fourth-order valence-corrected chi connectivity index (χ4v) is 4.12. The third kappa shape index (κ3) is 3.69. The van der Waals surface area contributed by atoms with Gasteiger partial charge in [-0.2, -0.15) is 10.3 Å². The normalized spacial score (nSPS) is 24.2. The summed E-state index contributed by atoms with van der Waals surface area (Å²) < 4.78 is 5.15. The van der Waals surface area contributed by atoms with E-state index < -0.39 is 0 Å². The molecule has 1 aromatic rings. The number of rotatable bonds is 4. The number of benzene rings is 1.